The number of aliphatic imine (C=N–C) groups is 1. The molecule has 0 aromatic heterocycles. The SMILES string of the molecule is CCN=C(N)N1CCCC(OC)C1. The minimum atomic E-state index is 0.319. The molecular weight excluding hydrogens is 166 g/mol. The molecule has 1 atom stereocenters. The van der Waals surface area contributed by atoms with Gasteiger partial charge in [0.05, 0.1) is 6.10 Å². The summed E-state index contributed by atoms with van der Waals surface area (Å²) in [6.07, 6.45) is 2.59. The van der Waals surface area contributed by atoms with E-state index < -0.39 is 0 Å². The van der Waals surface area contributed by atoms with Gasteiger partial charge < -0.3 is 15.4 Å². The molecule has 0 aliphatic carbocycles. The van der Waals surface area contributed by atoms with Crippen molar-refractivity contribution in [3.63, 3.8) is 0 Å². The monoisotopic (exact) mass is 185 g/mol. The largest absolute Gasteiger partial charge is 0.380 e. The average molecular weight is 185 g/mol. The van der Waals surface area contributed by atoms with Gasteiger partial charge in [0, 0.05) is 26.7 Å². The number of piperidine rings is 1. The van der Waals surface area contributed by atoms with Gasteiger partial charge in [-0.15, -0.1) is 0 Å². The summed E-state index contributed by atoms with van der Waals surface area (Å²) in [6, 6.07) is 0. The number of likely N-dealkylation sites (tertiary alicyclic amines) is 1. The first kappa shape index (κ1) is 10.3. The summed E-state index contributed by atoms with van der Waals surface area (Å²) in [6.45, 7) is 4.63. The fraction of sp³-hybridized carbons (Fsp3) is 0.889. The first-order valence-electron chi connectivity index (χ1n) is 4.85. The van der Waals surface area contributed by atoms with Crippen LogP contribution in [0, 0.1) is 0 Å². The fourth-order valence-corrected chi connectivity index (χ4v) is 1.60. The normalized spacial score (nSPS) is 24.9. The number of guanidine groups is 1. The standard InChI is InChI=1S/C9H19N3O/c1-3-11-9(10)12-6-4-5-8(7-12)13-2/h8H,3-7H2,1-2H3,(H2,10,11). The minimum absolute atomic E-state index is 0.319. The van der Waals surface area contributed by atoms with Crippen LogP contribution in [0.1, 0.15) is 19.8 Å². The van der Waals surface area contributed by atoms with Crippen LogP contribution in [0.4, 0.5) is 0 Å². The molecule has 0 aromatic carbocycles. The van der Waals surface area contributed by atoms with Crippen molar-refractivity contribution in [3.05, 3.63) is 0 Å². The first-order chi connectivity index (χ1) is 6.27. The highest BCUT2D eigenvalue weighted by molar-refractivity contribution is 5.78. The lowest BCUT2D eigenvalue weighted by molar-refractivity contribution is 0.0532. The van der Waals surface area contributed by atoms with Gasteiger partial charge in [0.25, 0.3) is 0 Å². The summed E-state index contributed by atoms with van der Waals surface area (Å²) in [5, 5.41) is 0. The predicted molar refractivity (Wildman–Crippen MR) is 53.8 cm³/mol. The van der Waals surface area contributed by atoms with Gasteiger partial charge in [0.1, 0.15) is 0 Å². The second-order valence-electron chi connectivity index (χ2n) is 3.28. The van der Waals surface area contributed by atoms with E-state index in [4.69, 9.17) is 10.5 Å². The van der Waals surface area contributed by atoms with Crippen LogP contribution in [0.15, 0.2) is 4.99 Å². The molecule has 4 heteroatoms. The zero-order valence-electron chi connectivity index (χ0n) is 8.49. The molecule has 1 rings (SSSR count). The Labute approximate surface area is 79.8 Å². The van der Waals surface area contributed by atoms with Gasteiger partial charge >= 0.3 is 0 Å². The van der Waals surface area contributed by atoms with Gasteiger partial charge in [-0.2, -0.15) is 0 Å². The number of hydrogen-bond acceptors (Lipinski definition) is 2. The van der Waals surface area contributed by atoms with Crippen molar-refractivity contribution in [2.45, 2.75) is 25.9 Å². The van der Waals surface area contributed by atoms with Gasteiger partial charge in [-0.1, -0.05) is 0 Å². The van der Waals surface area contributed by atoms with E-state index in [-0.39, 0.29) is 0 Å². The van der Waals surface area contributed by atoms with E-state index in [1.165, 1.54) is 0 Å². The van der Waals surface area contributed by atoms with Crippen LogP contribution in [0.3, 0.4) is 0 Å². The van der Waals surface area contributed by atoms with Crippen molar-refractivity contribution in [1.82, 2.24) is 4.90 Å². The molecule has 1 aliphatic heterocycles. The van der Waals surface area contributed by atoms with E-state index in [9.17, 15) is 0 Å². The molecule has 1 unspecified atom stereocenters. The molecule has 2 N–H and O–H groups in total. The van der Waals surface area contributed by atoms with Crippen LogP contribution in [0.25, 0.3) is 0 Å². The van der Waals surface area contributed by atoms with E-state index in [0.29, 0.717) is 12.1 Å². The van der Waals surface area contributed by atoms with Crippen molar-refractivity contribution in [2.24, 2.45) is 10.7 Å². The zero-order valence-corrected chi connectivity index (χ0v) is 8.49. The van der Waals surface area contributed by atoms with Gasteiger partial charge in [-0.25, -0.2) is 0 Å². The van der Waals surface area contributed by atoms with Crippen LogP contribution in [0.2, 0.25) is 0 Å². The first-order valence-corrected chi connectivity index (χ1v) is 4.85. The van der Waals surface area contributed by atoms with Gasteiger partial charge in [-0.3, -0.25) is 4.99 Å². The number of rotatable bonds is 2. The molecule has 0 saturated carbocycles. The van der Waals surface area contributed by atoms with E-state index in [1.807, 2.05) is 6.92 Å². The highest BCUT2D eigenvalue weighted by Gasteiger charge is 2.20. The molecule has 1 aliphatic rings. The van der Waals surface area contributed by atoms with Crippen molar-refractivity contribution in [3.8, 4) is 0 Å². The molecule has 0 amide bonds. The smallest absolute Gasteiger partial charge is 0.191 e. The summed E-state index contributed by atoms with van der Waals surface area (Å²) in [4.78, 5) is 6.28. The van der Waals surface area contributed by atoms with E-state index in [1.54, 1.807) is 7.11 Å². The second kappa shape index (κ2) is 5.07. The summed E-state index contributed by atoms with van der Waals surface area (Å²) in [5.41, 5.74) is 5.80. The number of nitrogens with two attached hydrogens (primary N) is 1. The third-order valence-corrected chi connectivity index (χ3v) is 2.36. The third-order valence-electron chi connectivity index (χ3n) is 2.36. The Hall–Kier alpha value is -0.770. The van der Waals surface area contributed by atoms with Crippen molar-refractivity contribution < 1.29 is 4.74 Å². The van der Waals surface area contributed by atoms with Crippen LogP contribution in [-0.2, 0) is 4.74 Å². The maximum atomic E-state index is 5.80. The number of nitrogens with zero attached hydrogens (tertiary/aromatic N) is 2. The maximum absolute atomic E-state index is 5.80. The molecule has 1 saturated heterocycles. The summed E-state index contributed by atoms with van der Waals surface area (Å²) < 4.78 is 5.30. The highest BCUT2D eigenvalue weighted by atomic mass is 16.5. The minimum Gasteiger partial charge on any atom is -0.380 e. The number of hydrogen-bond donors (Lipinski definition) is 1. The summed E-state index contributed by atoms with van der Waals surface area (Å²) in [5.74, 6) is 0.657. The Bertz CT molecular complexity index is 182. The Kier molecular flexibility index (Phi) is 4.02. The predicted octanol–water partition coefficient (Wildman–Crippen LogP) is 0.432. The molecule has 13 heavy (non-hydrogen) atoms. The molecule has 0 bridgehead atoms. The molecule has 4 nitrogen and oxygen atoms in total. The van der Waals surface area contributed by atoms with Gasteiger partial charge in [0.2, 0.25) is 0 Å². The van der Waals surface area contributed by atoms with Crippen molar-refractivity contribution in [2.75, 3.05) is 26.7 Å². The van der Waals surface area contributed by atoms with E-state index in [0.717, 1.165) is 32.5 Å². The summed E-state index contributed by atoms with van der Waals surface area (Å²) >= 11 is 0. The van der Waals surface area contributed by atoms with E-state index in [2.05, 4.69) is 9.89 Å². The second-order valence-corrected chi connectivity index (χ2v) is 3.28. The van der Waals surface area contributed by atoms with Gasteiger partial charge in [0.15, 0.2) is 5.96 Å². The van der Waals surface area contributed by atoms with Crippen LogP contribution in [0.5, 0.6) is 0 Å². The Morgan fingerprint density at radius 1 is 1.69 bits per heavy atom. The highest BCUT2D eigenvalue weighted by Crippen LogP contribution is 2.11. The quantitative estimate of drug-likeness (QED) is 0.501. The van der Waals surface area contributed by atoms with Crippen LogP contribution in [-0.4, -0.2) is 43.7 Å². The number of ether oxygens (including phenoxy) is 1. The molecule has 0 aromatic rings. The lowest BCUT2D eigenvalue weighted by Gasteiger charge is -2.32. The lowest BCUT2D eigenvalue weighted by Crippen LogP contribution is -2.46. The molecule has 0 radical (unpaired) electrons. The zero-order chi connectivity index (χ0) is 9.68. The lowest BCUT2D eigenvalue weighted by atomic mass is 10.1. The van der Waals surface area contributed by atoms with Crippen LogP contribution < -0.4 is 5.73 Å². The maximum Gasteiger partial charge on any atom is 0.191 e. The topological polar surface area (TPSA) is 50.8 Å². The third kappa shape index (κ3) is 2.88. The fourth-order valence-electron chi connectivity index (χ4n) is 1.60. The van der Waals surface area contributed by atoms with Crippen molar-refractivity contribution in [1.29, 1.82) is 0 Å². The Morgan fingerprint density at radius 3 is 3.08 bits per heavy atom. The molecule has 76 valence electrons. The average Bonchev–Trinajstić information content (AvgIpc) is 2.18. The molecule has 1 heterocycles. The van der Waals surface area contributed by atoms with E-state index >= 15 is 0 Å². The molecule has 1 fully saturated rings. The molecule has 0 spiro atoms. The molecular formula is C9H19N3O. The number of methoxy groups -OCH3 is 1. The summed E-state index contributed by atoms with van der Waals surface area (Å²) in [7, 11) is 1.75. The Balaban J connectivity index is 2.46. The van der Waals surface area contributed by atoms with Gasteiger partial charge in [-0.05, 0) is 19.8 Å². The van der Waals surface area contributed by atoms with Crippen molar-refractivity contribution >= 4 is 5.96 Å². The van der Waals surface area contributed by atoms with Crippen LogP contribution >= 0.6 is 0 Å². The Morgan fingerprint density at radius 2 is 2.46 bits per heavy atom.